The molecule has 2 aliphatic heterocycles. The lowest BCUT2D eigenvalue weighted by atomic mass is 10.1. The third kappa shape index (κ3) is 2.07. The fourth-order valence-electron chi connectivity index (χ4n) is 2.80. The van der Waals surface area contributed by atoms with Crippen molar-refractivity contribution in [1.82, 2.24) is 0 Å². The quantitative estimate of drug-likeness (QED) is 0.699. The Balaban J connectivity index is 1.71. The standard InChI is InChI=1S/C16H12INO3/c17-12-3-1-2-10-6-7-18(15(10)12)16(19)11-4-5-13-14(8-11)21-9-20-13/h1-5,8H,6-7,9H2. The lowest BCUT2D eigenvalue weighted by molar-refractivity contribution is 0.0989. The molecule has 0 fully saturated rings. The van der Waals surface area contributed by atoms with Gasteiger partial charge in [-0.25, -0.2) is 0 Å². The molecule has 0 spiro atoms. The Hall–Kier alpha value is -1.76. The van der Waals surface area contributed by atoms with Crippen molar-refractivity contribution >= 4 is 34.2 Å². The molecule has 0 unspecified atom stereocenters. The SMILES string of the molecule is O=C(c1ccc2c(c1)OCO2)N1CCc2cccc(I)c21. The maximum Gasteiger partial charge on any atom is 0.258 e. The number of benzene rings is 2. The summed E-state index contributed by atoms with van der Waals surface area (Å²) in [6.07, 6.45) is 0.905. The molecule has 4 nitrogen and oxygen atoms in total. The van der Waals surface area contributed by atoms with E-state index < -0.39 is 0 Å². The average molecular weight is 393 g/mol. The van der Waals surface area contributed by atoms with Gasteiger partial charge >= 0.3 is 0 Å². The van der Waals surface area contributed by atoms with E-state index in [9.17, 15) is 4.79 Å². The molecular formula is C16H12INO3. The zero-order valence-electron chi connectivity index (χ0n) is 11.1. The number of halogens is 1. The van der Waals surface area contributed by atoms with Crippen molar-refractivity contribution in [2.45, 2.75) is 6.42 Å². The van der Waals surface area contributed by atoms with E-state index in [1.807, 2.05) is 17.0 Å². The van der Waals surface area contributed by atoms with E-state index in [-0.39, 0.29) is 12.7 Å². The van der Waals surface area contributed by atoms with Crippen LogP contribution in [0.15, 0.2) is 36.4 Å². The summed E-state index contributed by atoms with van der Waals surface area (Å²) in [4.78, 5) is 14.6. The summed E-state index contributed by atoms with van der Waals surface area (Å²) >= 11 is 2.28. The van der Waals surface area contributed by atoms with Gasteiger partial charge in [0.2, 0.25) is 6.79 Å². The van der Waals surface area contributed by atoms with Crippen LogP contribution >= 0.6 is 22.6 Å². The molecule has 0 bridgehead atoms. The van der Waals surface area contributed by atoms with Crippen molar-refractivity contribution in [1.29, 1.82) is 0 Å². The van der Waals surface area contributed by atoms with E-state index in [4.69, 9.17) is 9.47 Å². The third-order valence-electron chi connectivity index (χ3n) is 3.81. The smallest absolute Gasteiger partial charge is 0.258 e. The molecule has 4 rings (SSSR count). The first-order chi connectivity index (χ1) is 10.2. The Morgan fingerprint density at radius 2 is 2.00 bits per heavy atom. The molecule has 0 atom stereocenters. The van der Waals surface area contributed by atoms with Crippen LogP contribution in [0, 0.1) is 3.57 Å². The molecule has 0 N–H and O–H groups in total. The second kappa shape index (κ2) is 4.91. The van der Waals surface area contributed by atoms with Gasteiger partial charge < -0.3 is 14.4 Å². The summed E-state index contributed by atoms with van der Waals surface area (Å²) in [7, 11) is 0. The van der Waals surface area contributed by atoms with Crippen LogP contribution in [0.25, 0.3) is 0 Å². The minimum atomic E-state index is 0.0103. The van der Waals surface area contributed by atoms with Crippen LogP contribution in [-0.2, 0) is 6.42 Å². The number of rotatable bonds is 1. The summed E-state index contributed by atoms with van der Waals surface area (Å²) in [6, 6.07) is 11.5. The first-order valence-electron chi connectivity index (χ1n) is 6.73. The van der Waals surface area contributed by atoms with Gasteiger partial charge in [0, 0.05) is 15.7 Å². The number of hydrogen-bond donors (Lipinski definition) is 0. The highest BCUT2D eigenvalue weighted by atomic mass is 127. The summed E-state index contributed by atoms with van der Waals surface area (Å²) in [5.41, 5.74) is 2.91. The van der Waals surface area contributed by atoms with Gasteiger partial charge in [-0.3, -0.25) is 4.79 Å². The van der Waals surface area contributed by atoms with Crippen LogP contribution < -0.4 is 14.4 Å². The zero-order chi connectivity index (χ0) is 14.4. The van der Waals surface area contributed by atoms with Crippen molar-refractivity contribution in [2.75, 3.05) is 18.2 Å². The average Bonchev–Trinajstić information content (AvgIpc) is 3.13. The van der Waals surface area contributed by atoms with Gasteiger partial charge in [-0.1, -0.05) is 12.1 Å². The molecular weight excluding hydrogens is 381 g/mol. The van der Waals surface area contributed by atoms with Crippen LogP contribution in [0.3, 0.4) is 0 Å². The summed E-state index contributed by atoms with van der Waals surface area (Å²) < 4.78 is 11.7. The largest absolute Gasteiger partial charge is 0.454 e. The topological polar surface area (TPSA) is 38.8 Å². The van der Waals surface area contributed by atoms with Crippen LogP contribution in [0.2, 0.25) is 0 Å². The highest BCUT2D eigenvalue weighted by molar-refractivity contribution is 14.1. The number of nitrogens with zero attached hydrogens (tertiary/aromatic N) is 1. The second-order valence-corrected chi connectivity index (χ2v) is 6.18. The molecule has 0 aromatic heterocycles. The van der Waals surface area contributed by atoms with Crippen LogP contribution in [-0.4, -0.2) is 19.2 Å². The molecule has 2 heterocycles. The Labute approximate surface area is 135 Å². The molecule has 21 heavy (non-hydrogen) atoms. The first-order valence-corrected chi connectivity index (χ1v) is 7.81. The molecule has 0 saturated carbocycles. The van der Waals surface area contributed by atoms with E-state index in [1.165, 1.54) is 5.56 Å². The number of hydrogen-bond acceptors (Lipinski definition) is 3. The highest BCUT2D eigenvalue weighted by Gasteiger charge is 2.28. The summed E-state index contributed by atoms with van der Waals surface area (Å²) in [6.45, 7) is 0.944. The monoisotopic (exact) mass is 393 g/mol. The maximum atomic E-state index is 12.8. The normalized spacial score (nSPS) is 15.2. The van der Waals surface area contributed by atoms with Crippen molar-refractivity contribution in [3.8, 4) is 11.5 Å². The maximum absolute atomic E-state index is 12.8. The predicted molar refractivity (Wildman–Crippen MR) is 87.1 cm³/mol. The molecule has 2 aromatic carbocycles. The number of ether oxygens (including phenoxy) is 2. The molecule has 0 saturated heterocycles. The van der Waals surface area contributed by atoms with Gasteiger partial charge in [-0.05, 0) is 58.8 Å². The Bertz CT molecular complexity index is 744. The van der Waals surface area contributed by atoms with Gasteiger partial charge in [0.15, 0.2) is 11.5 Å². The van der Waals surface area contributed by atoms with E-state index >= 15 is 0 Å². The fraction of sp³-hybridized carbons (Fsp3) is 0.188. The van der Waals surface area contributed by atoms with Crippen molar-refractivity contribution < 1.29 is 14.3 Å². The third-order valence-corrected chi connectivity index (χ3v) is 4.68. The lowest BCUT2D eigenvalue weighted by Gasteiger charge is -2.19. The summed E-state index contributed by atoms with van der Waals surface area (Å²) in [5, 5.41) is 0. The highest BCUT2D eigenvalue weighted by Crippen LogP contribution is 2.36. The van der Waals surface area contributed by atoms with E-state index in [2.05, 4.69) is 28.7 Å². The van der Waals surface area contributed by atoms with Gasteiger partial charge in [0.1, 0.15) is 0 Å². The first kappa shape index (κ1) is 12.9. The predicted octanol–water partition coefficient (Wildman–Crippen LogP) is 3.22. The molecule has 5 heteroatoms. The number of para-hydroxylation sites is 1. The molecule has 0 radical (unpaired) electrons. The number of amides is 1. The van der Waals surface area contributed by atoms with Crippen LogP contribution in [0.4, 0.5) is 5.69 Å². The molecule has 2 aromatic rings. The number of carbonyl (C=O) groups is 1. The van der Waals surface area contributed by atoms with Crippen molar-refractivity contribution in [2.24, 2.45) is 0 Å². The van der Waals surface area contributed by atoms with E-state index in [1.54, 1.807) is 18.2 Å². The van der Waals surface area contributed by atoms with Crippen molar-refractivity contribution in [3.05, 3.63) is 51.1 Å². The van der Waals surface area contributed by atoms with E-state index in [0.29, 0.717) is 17.1 Å². The fourth-order valence-corrected chi connectivity index (χ4v) is 3.64. The van der Waals surface area contributed by atoms with Gasteiger partial charge in [0.05, 0.1) is 5.69 Å². The Morgan fingerprint density at radius 1 is 1.14 bits per heavy atom. The minimum absolute atomic E-state index is 0.0103. The van der Waals surface area contributed by atoms with Crippen LogP contribution in [0.5, 0.6) is 11.5 Å². The molecule has 1 amide bonds. The van der Waals surface area contributed by atoms with E-state index in [0.717, 1.165) is 22.2 Å². The summed E-state index contributed by atoms with van der Waals surface area (Å²) in [5.74, 6) is 1.35. The number of anilines is 1. The Morgan fingerprint density at radius 3 is 2.90 bits per heavy atom. The molecule has 2 aliphatic rings. The van der Waals surface area contributed by atoms with Crippen molar-refractivity contribution in [3.63, 3.8) is 0 Å². The van der Waals surface area contributed by atoms with Gasteiger partial charge in [0.25, 0.3) is 5.91 Å². The van der Waals surface area contributed by atoms with Gasteiger partial charge in [-0.2, -0.15) is 0 Å². The second-order valence-electron chi connectivity index (χ2n) is 5.02. The van der Waals surface area contributed by atoms with Gasteiger partial charge in [-0.15, -0.1) is 0 Å². The zero-order valence-corrected chi connectivity index (χ0v) is 13.3. The molecule has 106 valence electrons. The minimum Gasteiger partial charge on any atom is -0.454 e. The van der Waals surface area contributed by atoms with Crippen LogP contribution in [0.1, 0.15) is 15.9 Å². The number of carbonyl (C=O) groups excluding carboxylic acids is 1. The number of fused-ring (bicyclic) bond motifs is 2. The Kier molecular flexibility index (Phi) is 3.02. The molecule has 0 aliphatic carbocycles. The lowest BCUT2D eigenvalue weighted by Crippen LogP contribution is -2.29.